The third kappa shape index (κ3) is 3.35. The van der Waals surface area contributed by atoms with Gasteiger partial charge in [0, 0.05) is 23.9 Å². The fourth-order valence-corrected chi connectivity index (χ4v) is 1.77. The predicted octanol–water partition coefficient (Wildman–Crippen LogP) is 4.04. The summed E-state index contributed by atoms with van der Waals surface area (Å²) in [5, 5.41) is 3.08. The van der Waals surface area contributed by atoms with Gasteiger partial charge in [0.2, 0.25) is 11.8 Å². The Balaban J connectivity index is 2.32. The SMILES string of the molecule is C/C=C/c1ccccc1Oc1nc(NCC)ncc1C. The van der Waals surface area contributed by atoms with E-state index in [2.05, 4.69) is 15.3 Å². The number of para-hydroxylation sites is 1. The molecule has 4 heteroatoms. The number of hydrogen-bond acceptors (Lipinski definition) is 4. The van der Waals surface area contributed by atoms with E-state index in [-0.39, 0.29) is 0 Å². The number of rotatable bonds is 5. The summed E-state index contributed by atoms with van der Waals surface area (Å²) in [5.41, 5.74) is 1.93. The van der Waals surface area contributed by atoms with Crippen LogP contribution in [0.4, 0.5) is 5.95 Å². The summed E-state index contributed by atoms with van der Waals surface area (Å²) >= 11 is 0. The number of nitrogens with zero attached hydrogens (tertiary/aromatic N) is 2. The number of allylic oxidation sites excluding steroid dienone is 1. The molecule has 104 valence electrons. The quantitative estimate of drug-likeness (QED) is 0.889. The van der Waals surface area contributed by atoms with E-state index in [0.29, 0.717) is 11.8 Å². The Morgan fingerprint density at radius 3 is 2.85 bits per heavy atom. The molecular formula is C16H19N3O. The van der Waals surface area contributed by atoms with Crippen LogP contribution in [0.3, 0.4) is 0 Å². The lowest BCUT2D eigenvalue weighted by molar-refractivity contribution is 0.457. The summed E-state index contributed by atoms with van der Waals surface area (Å²) in [6.07, 6.45) is 5.76. The van der Waals surface area contributed by atoms with Crippen molar-refractivity contribution in [2.24, 2.45) is 0 Å². The summed E-state index contributed by atoms with van der Waals surface area (Å²) < 4.78 is 5.94. The molecule has 1 aromatic heterocycles. The summed E-state index contributed by atoms with van der Waals surface area (Å²) in [6.45, 7) is 6.70. The van der Waals surface area contributed by atoms with Crippen molar-refractivity contribution in [3.8, 4) is 11.6 Å². The van der Waals surface area contributed by atoms with Crippen molar-refractivity contribution in [2.75, 3.05) is 11.9 Å². The van der Waals surface area contributed by atoms with Crippen LogP contribution in [0.25, 0.3) is 6.08 Å². The minimum Gasteiger partial charge on any atom is -0.438 e. The zero-order valence-corrected chi connectivity index (χ0v) is 12.1. The van der Waals surface area contributed by atoms with Gasteiger partial charge in [-0.15, -0.1) is 0 Å². The highest BCUT2D eigenvalue weighted by Crippen LogP contribution is 2.27. The van der Waals surface area contributed by atoms with Crippen LogP contribution in [0.5, 0.6) is 11.6 Å². The third-order valence-corrected chi connectivity index (χ3v) is 2.73. The number of aromatic nitrogens is 2. The van der Waals surface area contributed by atoms with Gasteiger partial charge in [-0.3, -0.25) is 0 Å². The molecule has 1 aromatic carbocycles. The van der Waals surface area contributed by atoms with Crippen molar-refractivity contribution in [2.45, 2.75) is 20.8 Å². The average molecular weight is 269 g/mol. The second-order valence-corrected chi connectivity index (χ2v) is 4.35. The van der Waals surface area contributed by atoms with E-state index in [4.69, 9.17) is 4.74 Å². The van der Waals surface area contributed by atoms with Crippen molar-refractivity contribution >= 4 is 12.0 Å². The van der Waals surface area contributed by atoms with Crippen LogP contribution in [0.2, 0.25) is 0 Å². The van der Waals surface area contributed by atoms with E-state index < -0.39 is 0 Å². The molecule has 0 aliphatic rings. The summed E-state index contributed by atoms with van der Waals surface area (Å²) in [6, 6.07) is 7.88. The monoisotopic (exact) mass is 269 g/mol. The molecule has 1 heterocycles. The maximum Gasteiger partial charge on any atom is 0.226 e. The Labute approximate surface area is 119 Å². The van der Waals surface area contributed by atoms with E-state index in [1.807, 2.05) is 57.2 Å². The van der Waals surface area contributed by atoms with Crippen LogP contribution in [-0.2, 0) is 0 Å². The van der Waals surface area contributed by atoms with Crippen LogP contribution in [0.15, 0.2) is 36.5 Å². The first kappa shape index (κ1) is 14.1. The van der Waals surface area contributed by atoms with Crippen molar-refractivity contribution in [1.29, 1.82) is 0 Å². The van der Waals surface area contributed by atoms with Gasteiger partial charge in [0.15, 0.2) is 0 Å². The number of aryl methyl sites for hydroxylation is 1. The Bertz CT molecular complexity index is 608. The highest BCUT2D eigenvalue weighted by Gasteiger charge is 2.08. The fraction of sp³-hybridized carbons (Fsp3) is 0.250. The summed E-state index contributed by atoms with van der Waals surface area (Å²) in [4.78, 5) is 8.60. The van der Waals surface area contributed by atoms with E-state index in [1.54, 1.807) is 6.20 Å². The molecule has 0 saturated carbocycles. The van der Waals surface area contributed by atoms with E-state index in [1.165, 1.54) is 0 Å². The van der Waals surface area contributed by atoms with Crippen LogP contribution < -0.4 is 10.1 Å². The fourth-order valence-electron chi connectivity index (χ4n) is 1.77. The van der Waals surface area contributed by atoms with Gasteiger partial charge in [-0.25, -0.2) is 4.98 Å². The Morgan fingerprint density at radius 2 is 2.10 bits per heavy atom. The molecule has 0 amide bonds. The van der Waals surface area contributed by atoms with Crippen LogP contribution in [0, 0.1) is 6.92 Å². The van der Waals surface area contributed by atoms with Gasteiger partial charge in [-0.2, -0.15) is 4.98 Å². The van der Waals surface area contributed by atoms with Crippen molar-refractivity contribution in [1.82, 2.24) is 9.97 Å². The van der Waals surface area contributed by atoms with E-state index in [0.717, 1.165) is 23.4 Å². The molecule has 1 N–H and O–H groups in total. The first-order valence-electron chi connectivity index (χ1n) is 6.71. The molecule has 2 rings (SSSR count). The second kappa shape index (κ2) is 6.70. The number of nitrogens with one attached hydrogen (secondary N) is 1. The van der Waals surface area contributed by atoms with E-state index >= 15 is 0 Å². The molecule has 4 nitrogen and oxygen atoms in total. The minimum atomic E-state index is 0.577. The molecule has 0 bridgehead atoms. The molecule has 20 heavy (non-hydrogen) atoms. The number of benzene rings is 1. The molecule has 0 saturated heterocycles. The largest absolute Gasteiger partial charge is 0.438 e. The lowest BCUT2D eigenvalue weighted by Gasteiger charge is -2.11. The highest BCUT2D eigenvalue weighted by atomic mass is 16.5. The number of anilines is 1. The molecule has 0 unspecified atom stereocenters. The minimum absolute atomic E-state index is 0.577. The lowest BCUT2D eigenvalue weighted by Crippen LogP contribution is -2.04. The molecule has 0 radical (unpaired) electrons. The number of ether oxygens (including phenoxy) is 1. The Morgan fingerprint density at radius 1 is 1.30 bits per heavy atom. The molecule has 0 fully saturated rings. The predicted molar refractivity (Wildman–Crippen MR) is 82.2 cm³/mol. The zero-order valence-electron chi connectivity index (χ0n) is 12.1. The van der Waals surface area contributed by atoms with Gasteiger partial charge >= 0.3 is 0 Å². The maximum atomic E-state index is 5.94. The van der Waals surface area contributed by atoms with Gasteiger partial charge in [0.25, 0.3) is 0 Å². The average Bonchev–Trinajstić information content (AvgIpc) is 2.45. The summed E-state index contributed by atoms with van der Waals surface area (Å²) in [7, 11) is 0. The third-order valence-electron chi connectivity index (χ3n) is 2.73. The standard InChI is InChI=1S/C16H19N3O/c1-4-8-13-9-6-7-10-14(13)20-15-12(3)11-18-16(19-15)17-5-2/h4,6-11H,5H2,1-3H3,(H,17,18,19)/b8-4+. The molecule has 0 aliphatic heterocycles. The first-order chi connectivity index (χ1) is 9.74. The normalized spacial score (nSPS) is 10.8. The second-order valence-electron chi connectivity index (χ2n) is 4.35. The first-order valence-corrected chi connectivity index (χ1v) is 6.71. The van der Waals surface area contributed by atoms with Gasteiger partial charge in [0.05, 0.1) is 0 Å². The van der Waals surface area contributed by atoms with Crippen LogP contribution in [0.1, 0.15) is 25.0 Å². The van der Waals surface area contributed by atoms with Crippen LogP contribution >= 0.6 is 0 Å². The molecule has 0 atom stereocenters. The molecule has 0 spiro atoms. The topological polar surface area (TPSA) is 47.0 Å². The van der Waals surface area contributed by atoms with E-state index in [9.17, 15) is 0 Å². The van der Waals surface area contributed by atoms with Gasteiger partial charge in [0.1, 0.15) is 5.75 Å². The van der Waals surface area contributed by atoms with Gasteiger partial charge in [-0.1, -0.05) is 30.4 Å². The smallest absolute Gasteiger partial charge is 0.226 e. The van der Waals surface area contributed by atoms with Crippen LogP contribution in [-0.4, -0.2) is 16.5 Å². The summed E-state index contributed by atoms with van der Waals surface area (Å²) in [5.74, 6) is 1.94. The Kier molecular flexibility index (Phi) is 4.71. The highest BCUT2D eigenvalue weighted by molar-refractivity contribution is 5.57. The van der Waals surface area contributed by atoms with Crippen molar-refractivity contribution in [3.05, 3.63) is 47.7 Å². The number of hydrogen-bond donors (Lipinski definition) is 1. The van der Waals surface area contributed by atoms with Crippen molar-refractivity contribution < 1.29 is 4.74 Å². The lowest BCUT2D eigenvalue weighted by atomic mass is 10.2. The molecule has 2 aromatic rings. The Hall–Kier alpha value is -2.36. The van der Waals surface area contributed by atoms with Gasteiger partial charge < -0.3 is 10.1 Å². The zero-order chi connectivity index (χ0) is 14.4. The van der Waals surface area contributed by atoms with Gasteiger partial charge in [-0.05, 0) is 26.8 Å². The molecular weight excluding hydrogens is 250 g/mol. The van der Waals surface area contributed by atoms with Crippen molar-refractivity contribution in [3.63, 3.8) is 0 Å². The molecule has 0 aliphatic carbocycles. The maximum absolute atomic E-state index is 5.94.